The van der Waals surface area contributed by atoms with E-state index in [2.05, 4.69) is 10.6 Å². The zero-order chi connectivity index (χ0) is 15.7. The van der Waals surface area contributed by atoms with E-state index < -0.39 is 0 Å². The van der Waals surface area contributed by atoms with E-state index in [0.717, 1.165) is 11.3 Å². The van der Waals surface area contributed by atoms with Gasteiger partial charge in [0, 0.05) is 5.02 Å². The minimum atomic E-state index is -0.262. The second-order valence-electron chi connectivity index (χ2n) is 4.76. The van der Waals surface area contributed by atoms with Crippen molar-refractivity contribution in [3.8, 4) is 11.5 Å². The van der Waals surface area contributed by atoms with Crippen LogP contribution in [0.1, 0.15) is 5.56 Å². The van der Waals surface area contributed by atoms with Crippen LogP contribution >= 0.6 is 11.6 Å². The number of fused-ring (bicyclic) bond motifs is 1. The highest BCUT2D eigenvalue weighted by atomic mass is 35.5. The van der Waals surface area contributed by atoms with Crippen molar-refractivity contribution in [1.82, 2.24) is 0 Å². The molecule has 0 fully saturated rings. The molecule has 0 aromatic heterocycles. The highest BCUT2D eigenvalue weighted by molar-refractivity contribution is 6.31. The summed E-state index contributed by atoms with van der Waals surface area (Å²) in [5, 5.41) is 16.0. The molecule has 0 spiro atoms. The predicted molar refractivity (Wildman–Crippen MR) is 86.3 cm³/mol. The van der Waals surface area contributed by atoms with Gasteiger partial charge in [0.25, 0.3) is 5.91 Å². The molecular formula is C16H13ClN2O3. The smallest absolute Gasteiger partial charge is 0.272 e. The lowest BCUT2D eigenvalue weighted by atomic mass is 10.1. The Morgan fingerprint density at radius 3 is 2.73 bits per heavy atom. The molecule has 0 radical (unpaired) electrons. The number of carbonyl (C=O) groups excluding carboxylic acids is 1. The van der Waals surface area contributed by atoms with E-state index in [9.17, 15) is 9.90 Å². The van der Waals surface area contributed by atoms with E-state index >= 15 is 0 Å². The topological polar surface area (TPSA) is 70.6 Å². The number of nitrogens with one attached hydrogen (secondary N) is 2. The van der Waals surface area contributed by atoms with E-state index in [1.165, 1.54) is 13.2 Å². The number of benzene rings is 2. The fourth-order valence-corrected chi connectivity index (χ4v) is 2.34. The van der Waals surface area contributed by atoms with E-state index in [-0.39, 0.29) is 11.7 Å². The summed E-state index contributed by atoms with van der Waals surface area (Å²) in [7, 11) is 1.47. The van der Waals surface area contributed by atoms with Gasteiger partial charge in [0.1, 0.15) is 5.70 Å². The molecule has 0 unspecified atom stereocenters. The summed E-state index contributed by atoms with van der Waals surface area (Å²) in [6.45, 7) is 0. The quantitative estimate of drug-likeness (QED) is 0.742. The van der Waals surface area contributed by atoms with Gasteiger partial charge in [0.2, 0.25) is 0 Å². The first kappa shape index (κ1) is 14.3. The molecule has 3 rings (SSSR count). The van der Waals surface area contributed by atoms with Crippen LogP contribution in [0.2, 0.25) is 5.02 Å². The lowest BCUT2D eigenvalue weighted by molar-refractivity contribution is -0.112. The number of aromatic hydroxyl groups is 1. The number of rotatable bonds is 2. The fraction of sp³-hybridized carbons (Fsp3) is 0.0625. The van der Waals surface area contributed by atoms with E-state index in [1.807, 2.05) is 0 Å². The van der Waals surface area contributed by atoms with Crippen molar-refractivity contribution in [2.45, 2.75) is 0 Å². The average Bonchev–Trinajstić information content (AvgIpc) is 2.50. The van der Waals surface area contributed by atoms with Gasteiger partial charge in [-0.05, 0) is 42.0 Å². The SMILES string of the molecule is COc1cc(/C=C2\Nc3ccc(Cl)cc3NC2=O)ccc1O. The fourth-order valence-electron chi connectivity index (χ4n) is 2.17. The molecule has 0 aliphatic carbocycles. The Morgan fingerprint density at radius 2 is 1.95 bits per heavy atom. The third kappa shape index (κ3) is 2.71. The monoisotopic (exact) mass is 316 g/mol. The number of phenols is 1. The molecule has 1 amide bonds. The molecule has 0 saturated heterocycles. The maximum absolute atomic E-state index is 12.1. The van der Waals surface area contributed by atoms with Crippen LogP contribution in [0.25, 0.3) is 6.08 Å². The number of methoxy groups -OCH3 is 1. The number of phenolic OH excluding ortho intramolecular Hbond substituents is 1. The Labute approximate surface area is 132 Å². The van der Waals surface area contributed by atoms with Gasteiger partial charge >= 0.3 is 0 Å². The van der Waals surface area contributed by atoms with Crippen molar-refractivity contribution in [3.05, 3.63) is 52.7 Å². The van der Waals surface area contributed by atoms with Gasteiger partial charge in [-0.15, -0.1) is 0 Å². The van der Waals surface area contributed by atoms with Crippen LogP contribution in [0, 0.1) is 0 Å². The van der Waals surface area contributed by atoms with Crippen molar-refractivity contribution in [2.24, 2.45) is 0 Å². The van der Waals surface area contributed by atoms with E-state index in [4.69, 9.17) is 16.3 Å². The van der Waals surface area contributed by atoms with Crippen molar-refractivity contribution >= 4 is 35.0 Å². The lowest BCUT2D eigenvalue weighted by Crippen LogP contribution is -2.25. The minimum absolute atomic E-state index is 0.0469. The van der Waals surface area contributed by atoms with Crippen LogP contribution in [-0.2, 0) is 4.79 Å². The van der Waals surface area contributed by atoms with Gasteiger partial charge in [0.05, 0.1) is 18.5 Å². The number of hydrogen-bond donors (Lipinski definition) is 3. The average molecular weight is 317 g/mol. The molecule has 1 aliphatic rings. The molecule has 0 saturated carbocycles. The van der Waals surface area contributed by atoms with Crippen LogP contribution in [0.5, 0.6) is 11.5 Å². The Morgan fingerprint density at radius 1 is 1.14 bits per heavy atom. The van der Waals surface area contributed by atoms with Crippen LogP contribution in [0.15, 0.2) is 42.1 Å². The van der Waals surface area contributed by atoms with E-state index in [1.54, 1.807) is 36.4 Å². The molecule has 1 heterocycles. The van der Waals surface area contributed by atoms with Gasteiger partial charge in [-0.1, -0.05) is 17.7 Å². The van der Waals surface area contributed by atoms with Crippen molar-refractivity contribution in [1.29, 1.82) is 0 Å². The Balaban J connectivity index is 1.95. The molecule has 22 heavy (non-hydrogen) atoms. The summed E-state index contributed by atoms with van der Waals surface area (Å²) >= 11 is 5.91. The Bertz CT molecular complexity index is 787. The first-order chi connectivity index (χ1) is 10.6. The predicted octanol–water partition coefficient (Wildman–Crippen LogP) is 3.46. The van der Waals surface area contributed by atoms with Crippen LogP contribution in [-0.4, -0.2) is 18.1 Å². The maximum Gasteiger partial charge on any atom is 0.272 e. The van der Waals surface area contributed by atoms with Crippen molar-refractivity contribution < 1.29 is 14.6 Å². The number of ether oxygens (including phenoxy) is 1. The minimum Gasteiger partial charge on any atom is -0.504 e. The number of amides is 1. The highest BCUT2D eigenvalue weighted by Gasteiger charge is 2.19. The number of halogens is 1. The van der Waals surface area contributed by atoms with Crippen molar-refractivity contribution in [2.75, 3.05) is 17.7 Å². The van der Waals surface area contributed by atoms with Gasteiger partial charge in [-0.3, -0.25) is 4.79 Å². The second kappa shape index (κ2) is 5.61. The highest BCUT2D eigenvalue weighted by Crippen LogP contribution is 2.32. The Hall–Kier alpha value is -2.66. The van der Waals surface area contributed by atoms with Crippen LogP contribution in [0.3, 0.4) is 0 Å². The Kier molecular flexibility index (Phi) is 3.65. The molecule has 5 nitrogen and oxygen atoms in total. The normalized spacial score (nSPS) is 15.0. The zero-order valence-electron chi connectivity index (χ0n) is 11.7. The van der Waals surface area contributed by atoms with Gasteiger partial charge in [-0.2, -0.15) is 0 Å². The molecule has 2 aromatic rings. The molecule has 2 aromatic carbocycles. The first-order valence-corrected chi connectivity index (χ1v) is 6.91. The molecule has 1 aliphatic heterocycles. The third-order valence-corrected chi connectivity index (χ3v) is 3.49. The lowest BCUT2D eigenvalue weighted by Gasteiger charge is -2.21. The molecule has 6 heteroatoms. The standard InChI is InChI=1S/C16H13ClN2O3/c1-22-15-7-9(2-5-14(15)20)6-13-16(21)19-12-8-10(17)3-4-11(12)18-13/h2-8,18,20H,1H3,(H,19,21)/b13-6-. The summed E-state index contributed by atoms with van der Waals surface area (Å²) in [6, 6.07) is 10.1. The van der Waals surface area contributed by atoms with Crippen LogP contribution < -0.4 is 15.4 Å². The number of anilines is 2. The largest absolute Gasteiger partial charge is 0.504 e. The van der Waals surface area contributed by atoms with Gasteiger partial charge < -0.3 is 20.5 Å². The third-order valence-electron chi connectivity index (χ3n) is 3.26. The maximum atomic E-state index is 12.1. The van der Waals surface area contributed by atoms with Gasteiger partial charge in [0.15, 0.2) is 11.5 Å². The number of hydrogen-bond acceptors (Lipinski definition) is 4. The summed E-state index contributed by atoms with van der Waals surface area (Å²) < 4.78 is 5.06. The second-order valence-corrected chi connectivity index (χ2v) is 5.19. The van der Waals surface area contributed by atoms with E-state index in [0.29, 0.717) is 22.2 Å². The summed E-state index contributed by atoms with van der Waals surface area (Å²) in [6.07, 6.45) is 1.68. The molecule has 0 atom stereocenters. The summed E-state index contributed by atoms with van der Waals surface area (Å²) in [4.78, 5) is 12.1. The molecular weight excluding hydrogens is 304 g/mol. The molecule has 0 bridgehead atoms. The zero-order valence-corrected chi connectivity index (χ0v) is 12.4. The van der Waals surface area contributed by atoms with Crippen molar-refractivity contribution in [3.63, 3.8) is 0 Å². The summed E-state index contributed by atoms with van der Waals surface area (Å²) in [5.74, 6) is 0.130. The van der Waals surface area contributed by atoms with Gasteiger partial charge in [-0.25, -0.2) is 0 Å². The molecule has 112 valence electrons. The first-order valence-electron chi connectivity index (χ1n) is 6.53. The van der Waals surface area contributed by atoms with Crippen LogP contribution in [0.4, 0.5) is 11.4 Å². The number of carbonyl (C=O) groups is 1. The molecule has 3 N–H and O–H groups in total. The summed E-state index contributed by atoms with van der Waals surface area (Å²) in [5.41, 5.74) is 2.52.